The van der Waals surface area contributed by atoms with E-state index in [4.69, 9.17) is 4.98 Å². The first-order valence-corrected chi connectivity index (χ1v) is 14.2. The van der Waals surface area contributed by atoms with E-state index in [9.17, 15) is 17.2 Å². The Morgan fingerprint density at radius 2 is 1.89 bits per heavy atom. The fourth-order valence-corrected chi connectivity index (χ4v) is 5.80. The van der Waals surface area contributed by atoms with E-state index in [1.165, 1.54) is 17.4 Å². The van der Waals surface area contributed by atoms with Gasteiger partial charge < -0.3 is 15.1 Å². The van der Waals surface area contributed by atoms with Crippen molar-refractivity contribution in [2.24, 2.45) is 10.9 Å². The van der Waals surface area contributed by atoms with Crippen molar-refractivity contribution in [1.82, 2.24) is 15.0 Å². The van der Waals surface area contributed by atoms with Crippen LogP contribution in [-0.4, -0.2) is 80.6 Å². The minimum absolute atomic E-state index is 0.0920. The third-order valence-electron chi connectivity index (χ3n) is 6.61. The van der Waals surface area contributed by atoms with Gasteiger partial charge in [0, 0.05) is 37.7 Å². The van der Waals surface area contributed by atoms with Crippen molar-refractivity contribution in [3.63, 3.8) is 0 Å². The molecule has 9 nitrogen and oxygen atoms in total. The zero-order valence-electron chi connectivity index (χ0n) is 21.5. The number of hydrogen-bond donors (Lipinski definition) is 1. The highest BCUT2D eigenvalue weighted by Gasteiger charge is 2.34. The molecule has 37 heavy (non-hydrogen) atoms. The van der Waals surface area contributed by atoms with E-state index in [1.807, 2.05) is 19.2 Å². The predicted octanol–water partition coefficient (Wildman–Crippen LogP) is 3.39. The maximum Gasteiger partial charge on any atom is 0.227 e. The molecule has 0 unspecified atom stereocenters. The smallest absolute Gasteiger partial charge is 0.227 e. The van der Waals surface area contributed by atoms with Gasteiger partial charge in [-0.15, -0.1) is 0 Å². The van der Waals surface area contributed by atoms with Crippen molar-refractivity contribution < 1.29 is 17.2 Å². The van der Waals surface area contributed by atoms with E-state index in [0.29, 0.717) is 24.7 Å². The Morgan fingerprint density at radius 3 is 2.49 bits per heavy atom. The molecule has 2 aliphatic rings. The highest BCUT2D eigenvalue weighted by atomic mass is 32.2. The highest BCUT2D eigenvalue weighted by Crippen LogP contribution is 2.33. The van der Waals surface area contributed by atoms with Crippen LogP contribution in [0.15, 0.2) is 29.3 Å². The Kier molecular flexibility index (Phi) is 7.77. The van der Waals surface area contributed by atoms with Crippen molar-refractivity contribution in [3.8, 4) is 0 Å². The van der Waals surface area contributed by atoms with Crippen LogP contribution in [-0.2, 0) is 9.84 Å². The van der Waals surface area contributed by atoms with Crippen LogP contribution in [0.5, 0.6) is 0 Å². The molecule has 0 radical (unpaired) electrons. The van der Waals surface area contributed by atoms with Crippen molar-refractivity contribution in [1.29, 1.82) is 0 Å². The Balaban J connectivity index is 1.58. The maximum atomic E-state index is 13.7. The average Bonchev–Trinajstić information content (AvgIpc) is 3.14. The molecule has 2 aliphatic heterocycles. The van der Waals surface area contributed by atoms with Crippen molar-refractivity contribution in [2.75, 3.05) is 53.3 Å². The van der Waals surface area contributed by atoms with E-state index in [0.717, 1.165) is 22.5 Å². The molecule has 0 aliphatic carbocycles. The number of alkyl halides is 2. The summed E-state index contributed by atoms with van der Waals surface area (Å²) in [6.45, 7) is 10.9. The van der Waals surface area contributed by atoms with Crippen LogP contribution in [0.4, 0.5) is 26.4 Å². The second-order valence-electron chi connectivity index (χ2n) is 10.1. The summed E-state index contributed by atoms with van der Waals surface area (Å²) in [5.41, 5.74) is 2.92. The monoisotopic (exact) mass is 533 g/mol. The fourth-order valence-electron chi connectivity index (χ4n) is 4.73. The van der Waals surface area contributed by atoms with E-state index < -0.39 is 22.2 Å². The molecule has 2 saturated heterocycles. The standard InChI is InChI=1S/C25H33F2N7O2S/c1-15(2)19-9-30-24(33-10-17(11-33)14-37(5,35)36)16(3)18(19)8-23(28-4)31-22-6-7-29-25(32-22)34-12-20(26)21(27)13-34/h6-9,15,17,20-21H,4,10-14H2,1-3,5H3,(H,29,31,32)/b23-8+/t20-,21-/m1/s1. The lowest BCUT2D eigenvalue weighted by Crippen LogP contribution is -2.50. The van der Waals surface area contributed by atoms with Crippen molar-refractivity contribution in [2.45, 2.75) is 39.0 Å². The second-order valence-corrected chi connectivity index (χ2v) is 12.3. The average molecular weight is 534 g/mol. The van der Waals surface area contributed by atoms with Gasteiger partial charge in [-0.1, -0.05) is 13.8 Å². The SMILES string of the molecule is C=N/C(=C\c1c(C(C)C)cnc(N2CC(CS(C)(=O)=O)C2)c1C)Nc1ccnc(N2C[C@@H](F)[C@H](F)C2)n1. The summed E-state index contributed by atoms with van der Waals surface area (Å²) >= 11 is 0. The maximum absolute atomic E-state index is 13.7. The lowest BCUT2D eigenvalue weighted by Gasteiger charge is -2.41. The van der Waals surface area contributed by atoms with Crippen LogP contribution in [0, 0.1) is 12.8 Å². The van der Waals surface area contributed by atoms with Gasteiger partial charge in [0.2, 0.25) is 5.95 Å². The molecule has 0 saturated carbocycles. The topological polar surface area (TPSA) is 104 Å². The zero-order chi connectivity index (χ0) is 26.9. The fraction of sp³-hybridized carbons (Fsp3) is 0.520. The number of aliphatic imine (C=N–C) groups is 1. The first kappa shape index (κ1) is 26.9. The van der Waals surface area contributed by atoms with E-state index in [-0.39, 0.29) is 36.6 Å². The normalized spacial score (nSPS) is 20.9. The molecule has 200 valence electrons. The quantitative estimate of drug-likeness (QED) is 0.490. The Bertz CT molecular complexity index is 1290. The summed E-state index contributed by atoms with van der Waals surface area (Å²) in [4.78, 5) is 21.0. The lowest BCUT2D eigenvalue weighted by atomic mass is 9.94. The number of halogens is 2. The zero-order valence-corrected chi connectivity index (χ0v) is 22.3. The van der Waals surface area contributed by atoms with Crippen molar-refractivity contribution in [3.05, 3.63) is 41.0 Å². The Hall–Kier alpha value is -3.15. The molecule has 0 amide bonds. The molecule has 0 spiro atoms. The van der Waals surface area contributed by atoms with Crippen LogP contribution in [0.3, 0.4) is 0 Å². The highest BCUT2D eigenvalue weighted by molar-refractivity contribution is 7.90. The number of nitrogens with one attached hydrogen (secondary N) is 1. The number of nitrogens with zero attached hydrogens (tertiary/aromatic N) is 6. The lowest BCUT2D eigenvalue weighted by molar-refractivity contribution is 0.217. The summed E-state index contributed by atoms with van der Waals surface area (Å²) < 4.78 is 50.6. The molecule has 2 aromatic rings. The van der Waals surface area contributed by atoms with E-state index in [2.05, 4.69) is 45.7 Å². The van der Waals surface area contributed by atoms with E-state index >= 15 is 0 Å². The van der Waals surface area contributed by atoms with Crippen LogP contribution < -0.4 is 15.1 Å². The van der Waals surface area contributed by atoms with Crippen LogP contribution >= 0.6 is 0 Å². The van der Waals surface area contributed by atoms with Gasteiger partial charge in [0.05, 0.1) is 18.8 Å². The van der Waals surface area contributed by atoms with Crippen LogP contribution in [0.25, 0.3) is 6.08 Å². The molecule has 0 bridgehead atoms. The van der Waals surface area contributed by atoms with Crippen LogP contribution in [0.1, 0.15) is 36.5 Å². The summed E-state index contributed by atoms with van der Waals surface area (Å²) in [7, 11) is -3.02. The Morgan fingerprint density at radius 1 is 1.22 bits per heavy atom. The number of rotatable bonds is 9. The minimum atomic E-state index is -3.02. The number of hydrogen-bond acceptors (Lipinski definition) is 9. The van der Waals surface area contributed by atoms with Gasteiger partial charge in [0.25, 0.3) is 0 Å². The molecule has 1 N–H and O–H groups in total. The number of sulfone groups is 1. The third-order valence-corrected chi connectivity index (χ3v) is 7.69. The molecule has 4 rings (SSSR count). The predicted molar refractivity (Wildman–Crippen MR) is 144 cm³/mol. The molecule has 2 atom stereocenters. The van der Waals surface area contributed by atoms with Gasteiger partial charge in [-0.05, 0) is 48.4 Å². The molecule has 2 fully saturated rings. The number of aromatic nitrogens is 3. The summed E-state index contributed by atoms with van der Waals surface area (Å²) in [5.74, 6) is 2.37. The first-order valence-electron chi connectivity index (χ1n) is 12.2. The van der Waals surface area contributed by atoms with Gasteiger partial charge in [-0.25, -0.2) is 32.2 Å². The molecular weight excluding hydrogens is 500 g/mol. The van der Waals surface area contributed by atoms with Crippen molar-refractivity contribution >= 4 is 40.2 Å². The molecular formula is C25H33F2N7O2S. The van der Waals surface area contributed by atoms with Gasteiger partial charge in [0.1, 0.15) is 27.3 Å². The largest absolute Gasteiger partial charge is 0.356 e. The second kappa shape index (κ2) is 10.7. The van der Waals surface area contributed by atoms with E-state index in [1.54, 1.807) is 6.07 Å². The third kappa shape index (κ3) is 6.23. The molecule has 0 aromatic carbocycles. The number of pyridine rings is 1. The van der Waals surface area contributed by atoms with Gasteiger partial charge in [-0.2, -0.15) is 4.98 Å². The summed E-state index contributed by atoms with van der Waals surface area (Å²) in [6, 6.07) is 1.65. The van der Waals surface area contributed by atoms with Gasteiger partial charge in [-0.3, -0.25) is 0 Å². The molecule has 2 aromatic heterocycles. The molecule has 12 heteroatoms. The van der Waals surface area contributed by atoms with Gasteiger partial charge in [0.15, 0.2) is 12.3 Å². The number of anilines is 3. The Labute approximate surface area is 216 Å². The summed E-state index contributed by atoms with van der Waals surface area (Å²) in [6.07, 6.45) is 3.39. The minimum Gasteiger partial charge on any atom is -0.356 e. The van der Waals surface area contributed by atoms with Crippen LogP contribution in [0.2, 0.25) is 0 Å². The van der Waals surface area contributed by atoms with Gasteiger partial charge >= 0.3 is 0 Å². The first-order chi connectivity index (χ1) is 17.4. The molecule has 4 heterocycles. The summed E-state index contributed by atoms with van der Waals surface area (Å²) in [5, 5.41) is 3.13.